The standard InChI is InChI=1S/C12H17BrO3S/c1-10(9-14)17(15,16)8-4-6-11-5-2-3-7-12(11)13/h2-3,5,7,10,14H,4,6,8-9H2,1H3. The Morgan fingerprint density at radius 2 is 2.00 bits per heavy atom. The van der Waals surface area contributed by atoms with Crippen LogP contribution in [0.25, 0.3) is 0 Å². The van der Waals surface area contributed by atoms with Gasteiger partial charge in [0.2, 0.25) is 0 Å². The molecule has 0 aromatic heterocycles. The molecule has 96 valence electrons. The average molecular weight is 321 g/mol. The molecule has 1 aromatic carbocycles. The first-order chi connectivity index (χ1) is 7.97. The third-order valence-corrected chi connectivity index (χ3v) is 5.71. The van der Waals surface area contributed by atoms with E-state index in [1.54, 1.807) is 0 Å². The number of aryl methyl sites for hydroxylation is 1. The van der Waals surface area contributed by atoms with Crippen LogP contribution >= 0.6 is 15.9 Å². The Balaban J connectivity index is 2.52. The fourth-order valence-corrected chi connectivity index (χ4v) is 3.14. The van der Waals surface area contributed by atoms with Gasteiger partial charge in [0.1, 0.15) is 0 Å². The SMILES string of the molecule is CC(CO)S(=O)(=O)CCCc1ccccc1Br. The van der Waals surface area contributed by atoms with E-state index < -0.39 is 15.1 Å². The van der Waals surface area contributed by atoms with Gasteiger partial charge < -0.3 is 5.11 Å². The molecule has 3 nitrogen and oxygen atoms in total. The van der Waals surface area contributed by atoms with Crippen molar-refractivity contribution in [2.45, 2.75) is 25.0 Å². The molecule has 1 N–H and O–H groups in total. The van der Waals surface area contributed by atoms with Gasteiger partial charge >= 0.3 is 0 Å². The molecular weight excluding hydrogens is 304 g/mol. The second-order valence-corrected chi connectivity index (χ2v) is 7.45. The second kappa shape index (κ2) is 6.52. The van der Waals surface area contributed by atoms with E-state index in [1.165, 1.54) is 6.92 Å². The number of halogens is 1. The monoisotopic (exact) mass is 320 g/mol. The van der Waals surface area contributed by atoms with Gasteiger partial charge in [-0.15, -0.1) is 0 Å². The van der Waals surface area contributed by atoms with Crippen LogP contribution in [0.4, 0.5) is 0 Å². The summed E-state index contributed by atoms with van der Waals surface area (Å²) in [6.07, 6.45) is 1.30. The average Bonchev–Trinajstić information content (AvgIpc) is 2.30. The first kappa shape index (κ1) is 14.7. The third-order valence-electron chi connectivity index (χ3n) is 2.70. The van der Waals surface area contributed by atoms with E-state index in [0.717, 1.165) is 16.5 Å². The summed E-state index contributed by atoms with van der Waals surface area (Å²) in [6.45, 7) is 1.23. The summed E-state index contributed by atoms with van der Waals surface area (Å²) in [5, 5.41) is 8.18. The molecule has 0 fully saturated rings. The topological polar surface area (TPSA) is 54.4 Å². The highest BCUT2D eigenvalue weighted by Gasteiger charge is 2.19. The molecule has 0 aliphatic rings. The molecular formula is C12H17BrO3S. The number of aliphatic hydroxyl groups excluding tert-OH is 1. The molecule has 0 amide bonds. The second-order valence-electron chi connectivity index (χ2n) is 4.06. The molecule has 0 heterocycles. The minimum Gasteiger partial charge on any atom is -0.395 e. The Hall–Kier alpha value is -0.390. The highest BCUT2D eigenvalue weighted by molar-refractivity contribution is 9.10. The Morgan fingerprint density at radius 1 is 1.35 bits per heavy atom. The lowest BCUT2D eigenvalue weighted by molar-refractivity contribution is 0.295. The van der Waals surface area contributed by atoms with E-state index in [9.17, 15) is 8.42 Å². The highest BCUT2D eigenvalue weighted by Crippen LogP contribution is 2.18. The lowest BCUT2D eigenvalue weighted by Crippen LogP contribution is -2.24. The van der Waals surface area contributed by atoms with Gasteiger partial charge in [-0.25, -0.2) is 8.42 Å². The Labute approximate surface area is 111 Å². The summed E-state index contributed by atoms with van der Waals surface area (Å²) < 4.78 is 24.3. The Kier molecular flexibility index (Phi) is 5.62. The van der Waals surface area contributed by atoms with Gasteiger partial charge in [-0.1, -0.05) is 34.1 Å². The fraction of sp³-hybridized carbons (Fsp3) is 0.500. The summed E-state index contributed by atoms with van der Waals surface area (Å²) in [4.78, 5) is 0. The zero-order chi connectivity index (χ0) is 12.9. The molecule has 0 saturated carbocycles. The fourth-order valence-electron chi connectivity index (χ4n) is 1.48. The summed E-state index contributed by atoms with van der Waals surface area (Å²) in [5.74, 6) is 0.121. The molecule has 1 atom stereocenters. The van der Waals surface area contributed by atoms with Crippen LogP contribution in [0.2, 0.25) is 0 Å². The lowest BCUT2D eigenvalue weighted by atomic mass is 10.1. The number of hydrogen-bond donors (Lipinski definition) is 1. The van der Waals surface area contributed by atoms with Gasteiger partial charge in [0, 0.05) is 4.47 Å². The van der Waals surface area contributed by atoms with Crippen molar-refractivity contribution in [3.63, 3.8) is 0 Å². The zero-order valence-electron chi connectivity index (χ0n) is 9.77. The van der Waals surface area contributed by atoms with Crippen LogP contribution in [0.15, 0.2) is 28.7 Å². The quantitative estimate of drug-likeness (QED) is 0.874. The van der Waals surface area contributed by atoms with E-state index in [0.29, 0.717) is 6.42 Å². The number of hydrogen-bond acceptors (Lipinski definition) is 3. The summed E-state index contributed by atoms with van der Waals surface area (Å²) in [6, 6.07) is 7.79. The van der Waals surface area contributed by atoms with Crippen LogP contribution in [0, 0.1) is 0 Å². The first-order valence-electron chi connectivity index (χ1n) is 5.53. The molecule has 1 aromatic rings. The number of rotatable bonds is 6. The zero-order valence-corrected chi connectivity index (χ0v) is 12.2. The number of benzene rings is 1. The van der Waals surface area contributed by atoms with Crippen LogP contribution in [0.5, 0.6) is 0 Å². The van der Waals surface area contributed by atoms with Crippen molar-refractivity contribution in [3.05, 3.63) is 34.3 Å². The Bertz CT molecular complexity index is 457. The maximum Gasteiger partial charge on any atom is 0.155 e. The molecule has 1 rings (SSSR count). The summed E-state index contributed by atoms with van der Waals surface area (Å²) in [7, 11) is -3.16. The van der Waals surface area contributed by atoms with Crippen molar-refractivity contribution < 1.29 is 13.5 Å². The van der Waals surface area contributed by atoms with Crippen LogP contribution < -0.4 is 0 Å². The predicted octanol–water partition coefficient (Wildman–Crippen LogP) is 2.18. The normalized spacial score (nSPS) is 13.6. The lowest BCUT2D eigenvalue weighted by Gasteiger charge is -2.10. The van der Waals surface area contributed by atoms with E-state index in [-0.39, 0.29) is 12.4 Å². The molecule has 0 aliphatic heterocycles. The van der Waals surface area contributed by atoms with Crippen molar-refractivity contribution >= 4 is 25.8 Å². The van der Waals surface area contributed by atoms with Gasteiger partial charge in [0.15, 0.2) is 9.84 Å². The molecule has 17 heavy (non-hydrogen) atoms. The minimum atomic E-state index is -3.16. The number of sulfone groups is 1. The highest BCUT2D eigenvalue weighted by atomic mass is 79.9. The van der Waals surface area contributed by atoms with Gasteiger partial charge in [-0.3, -0.25) is 0 Å². The maximum absolute atomic E-state index is 11.7. The third kappa shape index (κ3) is 4.41. The molecule has 0 spiro atoms. The van der Waals surface area contributed by atoms with Crippen LogP contribution in [-0.2, 0) is 16.3 Å². The molecule has 0 aliphatic carbocycles. The van der Waals surface area contributed by atoms with Crippen LogP contribution in [0.1, 0.15) is 18.9 Å². The maximum atomic E-state index is 11.7. The molecule has 5 heteroatoms. The molecule has 0 saturated heterocycles. The number of aliphatic hydroxyl groups is 1. The first-order valence-corrected chi connectivity index (χ1v) is 8.04. The Morgan fingerprint density at radius 3 is 2.59 bits per heavy atom. The van der Waals surface area contributed by atoms with Crippen molar-refractivity contribution in [3.8, 4) is 0 Å². The van der Waals surface area contributed by atoms with Crippen molar-refractivity contribution in [2.24, 2.45) is 0 Å². The van der Waals surface area contributed by atoms with Crippen molar-refractivity contribution in [1.29, 1.82) is 0 Å². The molecule has 0 radical (unpaired) electrons. The van der Waals surface area contributed by atoms with E-state index in [2.05, 4.69) is 15.9 Å². The van der Waals surface area contributed by atoms with Gasteiger partial charge in [-0.05, 0) is 31.4 Å². The van der Waals surface area contributed by atoms with Gasteiger partial charge in [0.05, 0.1) is 17.6 Å². The van der Waals surface area contributed by atoms with Crippen LogP contribution in [0.3, 0.4) is 0 Å². The van der Waals surface area contributed by atoms with Crippen molar-refractivity contribution in [2.75, 3.05) is 12.4 Å². The van der Waals surface area contributed by atoms with E-state index >= 15 is 0 Å². The largest absolute Gasteiger partial charge is 0.395 e. The minimum absolute atomic E-state index is 0.121. The van der Waals surface area contributed by atoms with E-state index in [1.807, 2.05) is 24.3 Å². The van der Waals surface area contributed by atoms with E-state index in [4.69, 9.17) is 5.11 Å². The van der Waals surface area contributed by atoms with Crippen LogP contribution in [-0.4, -0.2) is 31.1 Å². The molecule has 0 bridgehead atoms. The summed E-state index contributed by atoms with van der Waals surface area (Å²) >= 11 is 3.43. The van der Waals surface area contributed by atoms with Gasteiger partial charge in [-0.2, -0.15) is 0 Å². The molecule has 1 unspecified atom stereocenters. The van der Waals surface area contributed by atoms with Gasteiger partial charge in [0.25, 0.3) is 0 Å². The van der Waals surface area contributed by atoms with Crippen molar-refractivity contribution in [1.82, 2.24) is 0 Å². The smallest absolute Gasteiger partial charge is 0.155 e. The summed E-state index contributed by atoms with van der Waals surface area (Å²) in [5.41, 5.74) is 1.11. The predicted molar refractivity (Wildman–Crippen MR) is 72.8 cm³/mol.